The van der Waals surface area contributed by atoms with E-state index in [9.17, 15) is 4.79 Å². The third-order valence-corrected chi connectivity index (χ3v) is 6.35. The molecular weight excluding hydrogens is 539 g/mol. The Kier molecular flexibility index (Phi) is 8.81. The molecule has 0 N–H and O–H groups in total. The van der Waals surface area contributed by atoms with Crippen molar-refractivity contribution in [3.8, 4) is 5.75 Å². The molecule has 6 heteroatoms. The van der Waals surface area contributed by atoms with Crippen molar-refractivity contribution in [3.05, 3.63) is 60.7 Å². The molecule has 124 valence electrons. The second-order valence-corrected chi connectivity index (χ2v) is 7.24. The summed E-state index contributed by atoms with van der Waals surface area (Å²) < 4.78 is 7.73. The number of carbonyl (C=O) groups excluding carboxylic acids is 1. The van der Waals surface area contributed by atoms with Gasteiger partial charge in [-0.25, -0.2) is 0 Å². The van der Waals surface area contributed by atoms with Gasteiger partial charge in [-0.3, -0.25) is 4.79 Å². The molecule has 0 unspecified atom stereocenters. The molecule has 2 aromatic carbocycles. The molecule has 0 aliphatic carbocycles. The summed E-state index contributed by atoms with van der Waals surface area (Å²) in [4.78, 5) is 14.7. The highest BCUT2D eigenvalue weighted by molar-refractivity contribution is 14.1. The zero-order valence-electron chi connectivity index (χ0n) is 12.9. The fourth-order valence-electron chi connectivity index (χ4n) is 1.90. The summed E-state index contributed by atoms with van der Waals surface area (Å²) in [6.07, 6.45) is 0. The molecule has 2 rings (SSSR count). The lowest BCUT2D eigenvalue weighted by molar-refractivity contribution is 0.103. The molecule has 2 aromatic rings. The van der Waals surface area contributed by atoms with Gasteiger partial charge in [-0.1, -0.05) is 30.3 Å². The van der Waals surface area contributed by atoms with Crippen molar-refractivity contribution in [2.45, 2.75) is 0 Å². The van der Waals surface area contributed by atoms with Crippen LogP contribution in [0.25, 0.3) is 0 Å². The molecule has 0 amide bonds. The molecule has 0 heterocycles. The molecule has 0 saturated heterocycles. The molecule has 0 aliphatic rings. The molecule has 3 nitrogen and oxygen atoms in total. The van der Waals surface area contributed by atoms with Gasteiger partial charge in [0.15, 0.2) is 5.78 Å². The van der Waals surface area contributed by atoms with Crippen molar-refractivity contribution in [2.24, 2.45) is 0 Å². The monoisotopic (exact) mass is 557 g/mol. The number of ketones is 1. The maximum atomic E-state index is 12.6. The summed E-state index contributed by atoms with van der Waals surface area (Å²) in [6.45, 7) is 1.49. The van der Waals surface area contributed by atoms with E-state index in [2.05, 4.69) is 50.1 Å². The summed E-state index contributed by atoms with van der Waals surface area (Å²) >= 11 is 4.46. The number of halogens is 3. The van der Waals surface area contributed by atoms with Crippen LogP contribution in [0.15, 0.2) is 42.5 Å². The molecule has 0 spiro atoms. The summed E-state index contributed by atoms with van der Waals surface area (Å²) in [5.41, 5.74) is 1.42. The number of nitrogens with zero attached hydrogens (tertiary/aromatic N) is 1. The Morgan fingerprint density at radius 1 is 1.04 bits per heavy atom. The second-order valence-electron chi connectivity index (χ2n) is 5.09. The minimum absolute atomic E-state index is 0. The molecule has 0 saturated carbocycles. The highest BCUT2D eigenvalue weighted by atomic mass is 127. The lowest BCUT2D eigenvalue weighted by Crippen LogP contribution is -2.19. The number of hydrogen-bond acceptors (Lipinski definition) is 3. The first-order chi connectivity index (χ1) is 10.5. The second kappa shape index (κ2) is 9.80. The molecule has 0 fully saturated rings. The fraction of sp³-hybridized carbons (Fsp3) is 0.235. The SMILES string of the molecule is CN(C)CCOc1ccc(C(=O)c2ccccc2)c(I)c1I.Cl. The van der Waals surface area contributed by atoms with Gasteiger partial charge in [0.25, 0.3) is 0 Å². The Hall–Kier alpha value is -0.380. The first kappa shape index (κ1) is 20.7. The Morgan fingerprint density at radius 3 is 2.30 bits per heavy atom. The van der Waals surface area contributed by atoms with Crippen LogP contribution < -0.4 is 4.74 Å². The van der Waals surface area contributed by atoms with Crippen molar-refractivity contribution in [1.29, 1.82) is 0 Å². The van der Waals surface area contributed by atoms with Gasteiger partial charge in [-0.05, 0) is 71.4 Å². The number of hydrogen-bond donors (Lipinski definition) is 0. The van der Waals surface area contributed by atoms with E-state index in [1.165, 1.54) is 0 Å². The molecule has 0 aliphatic heterocycles. The fourth-order valence-corrected chi connectivity index (χ4v) is 3.22. The van der Waals surface area contributed by atoms with Gasteiger partial charge in [-0.2, -0.15) is 0 Å². The lowest BCUT2D eigenvalue weighted by atomic mass is 10.0. The smallest absolute Gasteiger partial charge is 0.194 e. The maximum Gasteiger partial charge on any atom is 0.194 e. The van der Waals surface area contributed by atoms with Crippen LogP contribution in [0.5, 0.6) is 5.75 Å². The topological polar surface area (TPSA) is 29.5 Å². The average molecular weight is 558 g/mol. The van der Waals surface area contributed by atoms with Gasteiger partial charge < -0.3 is 9.64 Å². The third-order valence-electron chi connectivity index (χ3n) is 3.12. The standard InChI is InChI=1S/C17H17I2NO2.ClH/c1-20(2)10-11-22-14-9-8-13(15(18)16(14)19)17(21)12-6-4-3-5-7-12;/h3-9H,10-11H2,1-2H3;1H. The summed E-state index contributed by atoms with van der Waals surface area (Å²) in [5.74, 6) is 0.874. The van der Waals surface area contributed by atoms with Gasteiger partial charge >= 0.3 is 0 Å². The minimum Gasteiger partial charge on any atom is -0.491 e. The Labute approximate surface area is 170 Å². The average Bonchev–Trinajstić information content (AvgIpc) is 2.51. The highest BCUT2D eigenvalue weighted by Crippen LogP contribution is 2.30. The lowest BCUT2D eigenvalue weighted by Gasteiger charge is -2.14. The van der Waals surface area contributed by atoms with Gasteiger partial charge in [0.1, 0.15) is 12.4 Å². The highest BCUT2D eigenvalue weighted by Gasteiger charge is 2.17. The molecule has 0 atom stereocenters. The van der Waals surface area contributed by atoms with Crippen LogP contribution >= 0.6 is 57.6 Å². The third kappa shape index (κ3) is 5.58. The normalized spacial score (nSPS) is 10.3. The van der Waals surface area contributed by atoms with Crippen LogP contribution in [0, 0.1) is 7.14 Å². The predicted molar refractivity (Wildman–Crippen MR) is 113 cm³/mol. The van der Waals surface area contributed by atoms with Crippen LogP contribution in [0.4, 0.5) is 0 Å². The van der Waals surface area contributed by atoms with Gasteiger partial charge in [0.05, 0.1) is 3.57 Å². The number of ether oxygens (including phenoxy) is 1. The molecule has 0 radical (unpaired) electrons. The van der Waals surface area contributed by atoms with E-state index in [0.29, 0.717) is 12.2 Å². The van der Waals surface area contributed by atoms with Gasteiger partial charge in [-0.15, -0.1) is 12.4 Å². The number of carbonyl (C=O) groups is 1. The number of likely N-dealkylation sites (N-methyl/N-ethyl adjacent to an activating group) is 1. The van der Waals surface area contributed by atoms with E-state index in [1.54, 1.807) is 0 Å². The number of benzene rings is 2. The van der Waals surface area contributed by atoms with Crippen molar-refractivity contribution >= 4 is 63.4 Å². The van der Waals surface area contributed by atoms with Crippen molar-refractivity contribution in [3.63, 3.8) is 0 Å². The minimum atomic E-state index is 0. The molecule has 0 aromatic heterocycles. The summed E-state index contributed by atoms with van der Waals surface area (Å²) in [6, 6.07) is 13.1. The van der Waals surface area contributed by atoms with E-state index in [4.69, 9.17) is 4.74 Å². The van der Waals surface area contributed by atoms with E-state index >= 15 is 0 Å². The predicted octanol–water partition coefficient (Wildman–Crippen LogP) is 4.49. The van der Waals surface area contributed by atoms with E-state index < -0.39 is 0 Å². The summed E-state index contributed by atoms with van der Waals surface area (Å²) in [5, 5.41) is 0. The van der Waals surface area contributed by atoms with Crippen LogP contribution in [-0.2, 0) is 0 Å². The van der Waals surface area contributed by atoms with Crippen molar-refractivity contribution in [2.75, 3.05) is 27.2 Å². The Balaban J connectivity index is 0.00000264. The zero-order valence-corrected chi connectivity index (χ0v) is 18.0. The first-order valence-electron chi connectivity index (χ1n) is 6.86. The summed E-state index contributed by atoms with van der Waals surface area (Å²) in [7, 11) is 4.03. The largest absolute Gasteiger partial charge is 0.491 e. The Morgan fingerprint density at radius 2 is 1.70 bits per heavy atom. The van der Waals surface area contributed by atoms with Gasteiger partial charge in [0.2, 0.25) is 0 Å². The van der Waals surface area contributed by atoms with Gasteiger partial charge in [0, 0.05) is 21.2 Å². The van der Waals surface area contributed by atoms with Crippen LogP contribution in [0.3, 0.4) is 0 Å². The zero-order chi connectivity index (χ0) is 16.1. The quantitative estimate of drug-likeness (QED) is 0.388. The maximum absolute atomic E-state index is 12.6. The molecule has 0 bridgehead atoms. The van der Waals surface area contributed by atoms with E-state index in [0.717, 1.165) is 25.0 Å². The molecule has 23 heavy (non-hydrogen) atoms. The van der Waals surface area contributed by atoms with E-state index in [-0.39, 0.29) is 18.2 Å². The Bertz CT molecular complexity index is 663. The number of rotatable bonds is 6. The first-order valence-corrected chi connectivity index (χ1v) is 9.01. The van der Waals surface area contributed by atoms with E-state index in [1.807, 2.05) is 56.6 Å². The van der Waals surface area contributed by atoms with Crippen LogP contribution in [-0.4, -0.2) is 37.9 Å². The van der Waals surface area contributed by atoms with Crippen molar-refractivity contribution in [1.82, 2.24) is 4.90 Å². The molecular formula is C17H18ClI2NO2. The van der Waals surface area contributed by atoms with Crippen LogP contribution in [0.2, 0.25) is 0 Å². The van der Waals surface area contributed by atoms with Crippen molar-refractivity contribution < 1.29 is 9.53 Å². The van der Waals surface area contributed by atoms with Crippen LogP contribution in [0.1, 0.15) is 15.9 Å².